The average Bonchev–Trinajstić information content (AvgIpc) is 3.43. The van der Waals surface area contributed by atoms with Crippen molar-refractivity contribution in [2.24, 2.45) is 17.8 Å². The van der Waals surface area contributed by atoms with Gasteiger partial charge in [-0.25, -0.2) is 19.3 Å². The Morgan fingerprint density at radius 3 is 2.71 bits per heavy atom. The molecule has 3 fully saturated rings. The molecule has 0 unspecified atom stereocenters. The second-order valence-electron chi connectivity index (χ2n) is 9.78. The number of fused-ring (bicyclic) bond motifs is 5. The van der Waals surface area contributed by atoms with Gasteiger partial charge in [-0.2, -0.15) is 5.10 Å². The zero-order valence-corrected chi connectivity index (χ0v) is 19.0. The molecule has 3 aliphatic carbocycles. The van der Waals surface area contributed by atoms with Crippen LogP contribution in [0.2, 0.25) is 0 Å². The van der Waals surface area contributed by atoms with E-state index in [9.17, 15) is 14.3 Å². The van der Waals surface area contributed by atoms with E-state index in [0.29, 0.717) is 28.4 Å². The van der Waals surface area contributed by atoms with E-state index >= 15 is 0 Å². The van der Waals surface area contributed by atoms with Gasteiger partial charge in [-0.15, -0.1) is 0 Å². The Kier molecular flexibility index (Phi) is 4.79. The first-order valence-electron chi connectivity index (χ1n) is 11.8. The fourth-order valence-corrected chi connectivity index (χ4v) is 5.89. The monoisotopic (exact) mass is 463 g/mol. The molecule has 0 aromatic carbocycles. The Labute approximate surface area is 194 Å². The number of hydrogen-bond donors (Lipinski definition) is 3. The molecule has 3 N–H and O–H groups in total. The standard InChI is InChI=1S/C24H26FN7O2/c1-11(2)32-8-7-15-21(27-18-13-5-3-12(4-6-13)17(18)24(33)34)28-22(29-23(15)32)19-16-9-14(25)10-26-20(16)31-30-19/h7-13,17-18H,3-6H2,1-2H3,(H,33,34)(H,26,30,31)(H,27,28,29)/t12?,13?,17-,18-/m0/s1. The molecule has 34 heavy (non-hydrogen) atoms. The number of rotatable bonds is 5. The summed E-state index contributed by atoms with van der Waals surface area (Å²) in [6.45, 7) is 4.14. The van der Waals surface area contributed by atoms with Gasteiger partial charge in [0.05, 0.1) is 22.9 Å². The largest absolute Gasteiger partial charge is 0.481 e. The topological polar surface area (TPSA) is 122 Å². The first kappa shape index (κ1) is 21.0. The number of halogens is 1. The molecular formula is C24H26FN7O2. The van der Waals surface area contributed by atoms with E-state index < -0.39 is 17.7 Å². The highest BCUT2D eigenvalue weighted by molar-refractivity contribution is 5.93. The number of aromatic nitrogens is 6. The molecule has 2 atom stereocenters. The predicted molar refractivity (Wildman–Crippen MR) is 125 cm³/mol. The van der Waals surface area contributed by atoms with E-state index in [1.54, 1.807) is 0 Å². The van der Waals surface area contributed by atoms with Gasteiger partial charge in [0.1, 0.15) is 23.0 Å². The summed E-state index contributed by atoms with van der Waals surface area (Å²) in [5, 5.41) is 22.0. The lowest BCUT2D eigenvalue weighted by Crippen LogP contribution is -2.51. The molecule has 3 saturated carbocycles. The highest BCUT2D eigenvalue weighted by Crippen LogP contribution is 2.46. The molecule has 7 rings (SSSR count). The lowest BCUT2D eigenvalue weighted by molar-refractivity contribution is -0.148. The SMILES string of the molecule is CC(C)n1ccc2c(N[C@H]3C4CCC(CC4)[C@@H]3C(=O)O)nc(-c3[nH]nc4ncc(F)cc34)nc21. The zero-order valence-electron chi connectivity index (χ0n) is 19.0. The lowest BCUT2D eigenvalue weighted by Gasteiger charge is -2.47. The van der Waals surface area contributed by atoms with Crippen LogP contribution in [0.3, 0.4) is 0 Å². The smallest absolute Gasteiger partial charge is 0.308 e. The molecule has 9 nitrogen and oxygen atoms in total. The van der Waals surface area contributed by atoms with Gasteiger partial charge in [0.2, 0.25) is 0 Å². The molecule has 176 valence electrons. The third kappa shape index (κ3) is 3.23. The number of carboxylic acids is 1. The number of anilines is 1. The minimum Gasteiger partial charge on any atom is -0.481 e. The highest BCUT2D eigenvalue weighted by atomic mass is 19.1. The van der Waals surface area contributed by atoms with Crippen LogP contribution in [0, 0.1) is 23.6 Å². The summed E-state index contributed by atoms with van der Waals surface area (Å²) in [6, 6.07) is 3.29. The third-order valence-corrected chi connectivity index (χ3v) is 7.54. The van der Waals surface area contributed by atoms with Gasteiger partial charge in [0, 0.05) is 18.3 Å². The summed E-state index contributed by atoms with van der Waals surface area (Å²) in [7, 11) is 0. The Bertz CT molecular complexity index is 1400. The van der Waals surface area contributed by atoms with Crippen LogP contribution in [0.5, 0.6) is 0 Å². The Hall–Kier alpha value is -3.56. The van der Waals surface area contributed by atoms with Crippen molar-refractivity contribution in [3.05, 3.63) is 30.3 Å². The maximum absolute atomic E-state index is 14.0. The predicted octanol–water partition coefficient (Wildman–Crippen LogP) is 4.39. The number of nitrogens with zero attached hydrogens (tertiary/aromatic N) is 5. The molecular weight excluding hydrogens is 437 g/mol. The molecule has 10 heteroatoms. The minimum atomic E-state index is -0.752. The van der Waals surface area contributed by atoms with Crippen molar-refractivity contribution in [2.45, 2.75) is 51.6 Å². The number of nitrogens with one attached hydrogen (secondary N) is 2. The number of aromatic amines is 1. The van der Waals surface area contributed by atoms with Gasteiger partial charge < -0.3 is 15.0 Å². The van der Waals surface area contributed by atoms with Crippen molar-refractivity contribution >= 4 is 33.9 Å². The Morgan fingerprint density at radius 2 is 1.97 bits per heavy atom. The zero-order chi connectivity index (χ0) is 23.6. The number of carbonyl (C=O) groups is 1. The van der Waals surface area contributed by atoms with E-state index in [1.165, 1.54) is 6.07 Å². The number of hydrogen-bond acceptors (Lipinski definition) is 6. The van der Waals surface area contributed by atoms with Crippen LogP contribution in [-0.4, -0.2) is 46.8 Å². The minimum absolute atomic E-state index is 0.156. The molecule has 4 heterocycles. The first-order chi connectivity index (χ1) is 16.4. The van der Waals surface area contributed by atoms with Crippen molar-refractivity contribution in [3.63, 3.8) is 0 Å². The molecule has 2 bridgehead atoms. The van der Waals surface area contributed by atoms with Gasteiger partial charge in [0.25, 0.3) is 0 Å². The molecule has 0 radical (unpaired) electrons. The average molecular weight is 464 g/mol. The molecule has 0 spiro atoms. The van der Waals surface area contributed by atoms with Crippen molar-refractivity contribution in [1.82, 2.24) is 29.7 Å². The Morgan fingerprint density at radius 1 is 1.21 bits per heavy atom. The second kappa shape index (κ2) is 7.75. The fraction of sp³-hybridized carbons (Fsp3) is 0.458. The molecule has 3 aliphatic rings. The van der Waals surface area contributed by atoms with Crippen LogP contribution in [0.25, 0.3) is 33.6 Å². The van der Waals surface area contributed by atoms with E-state index in [1.807, 2.05) is 16.8 Å². The Balaban J connectivity index is 1.51. The van der Waals surface area contributed by atoms with Crippen LogP contribution < -0.4 is 5.32 Å². The van der Waals surface area contributed by atoms with Crippen molar-refractivity contribution in [2.75, 3.05) is 5.32 Å². The van der Waals surface area contributed by atoms with E-state index in [2.05, 4.69) is 34.3 Å². The summed E-state index contributed by atoms with van der Waals surface area (Å²) in [5.74, 6) is -0.241. The van der Waals surface area contributed by atoms with Gasteiger partial charge in [-0.05, 0) is 63.5 Å². The number of aliphatic carboxylic acids is 1. The fourth-order valence-electron chi connectivity index (χ4n) is 5.89. The second-order valence-corrected chi connectivity index (χ2v) is 9.78. The van der Waals surface area contributed by atoms with E-state index in [-0.39, 0.29) is 23.9 Å². The van der Waals surface area contributed by atoms with Crippen LogP contribution in [0.1, 0.15) is 45.6 Å². The van der Waals surface area contributed by atoms with Crippen LogP contribution in [0.15, 0.2) is 24.5 Å². The van der Waals surface area contributed by atoms with Crippen LogP contribution >= 0.6 is 0 Å². The lowest BCUT2D eigenvalue weighted by atomic mass is 9.61. The molecule has 4 aromatic rings. The number of H-pyrrole nitrogens is 1. The third-order valence-electron chi connectivity index (χ3n) is 7.54. The summed E-state index contributed by atoms with van der Waals surface area (Å²) in [6.07, 6.45) is 7.07. The van der Waals surface area contributed by atoms with Gasteiger partial charge in [0.15, 0.2) is 11.5 Å². The molecule has 0 saturated heterocycles. The maximum Gasteiger partial charge on any atom is 0.308 e. The highest BCUT2D eigenvalue weighted by Gasteiger charge is 2.47. The van der Waals surface area contributed by atoms with Crippen LogP contribution in [0.4, 0.5) is 10.2 Å². The number of carboxylic acid groups (broad SMARTS) is 1. The summed E-state index contributed by atoms with van der Waals surface area (Å²) >= 11 is 0. The van der Waals surface area contributed by atoms with E-state index in [4.69, 9.17) is 9.97 Å². The van der Waals surface area contributed by atoms with Crippen molar-refractivity contribution < 1.29 is 14.3 Å². The molecule has 0 aliphatic heterocycles. The summed E-state index contributed by atoms with van der Waals surface area (Å²) in [5.41, 5.74) is 1.58. The maximum atomic E-state index is 14.0. The summed E-state index contributed by atoms with van der Waals surface area (Å²) < 4.78 is 16.0. The first-order valence-corrected chi connectivity index (χ1v) is 11.8. The number of pyridine rings is 1. The normalized spacial score (nSPS) is 24.4. The van der Waals surface area contributed by atoms with Gasteiger partial charge >= 0.3 is 5.97 Å². The van der Waals surface area contributed by atoms with Gasteiger partial charge in [-0.3, -0.25) is 9.89 Å². The van der Waals surface area contributed by atoms with Crippen molar-refractivity contribution in [3.8, 4) is 11.5 Å². The van der Waals surface area contributed by atoms with E-state index in [0.717, 1.165) is 42.9 Å². The quantitative estimate of drug-likeness (QED) is 0.401. The van der Waals surface area contributed by atoms with Crippen molar-refractivity contribution in [1.29, 1.82) is 0 Å². The van der Waals surface area contributed by atoms with Crippen LogP contribution in [-0.2, 0) is 4.79 Å². The molecule has 0 amide bonds. The van der Waals surface area contributed by atoms with Gasteiger partial charge in [-0.1, -0.05) is 0 Å². The summed E-state index contributed by atoms with van der Waals surface area (Å²) in [4.78, 5) is 25.9. The molecule has 4 aromatic heterocycles.